The maximum absolute atomic E-state index is 11.2. The smallest absolute Gasteiger partial charge is 0.274 e. The second-order valence-corrected chi connectivity index (χ2v) is 6.57. The Kier molecular flexibility index (Phi) is 4.06. The van der Waals surface area contributed by atoms with Gasteiger partial charge in [-0.05, 0) is 12.8 Å². The van der Waals surface area contributed by atoms with Gasteiger partial charge in [-0.25, -0.2) is 4.98 Å². The Bertz CT molecular complexity index is 682. The number of nitro benzene ring substituents is 1. The van der Waals surface area contributed by atoms with Gasteiger partial charge in [-0.2, -0.15) is 4.37 Å². The van der Waals surface area contributed by atoms with Gasteiger partial charge in [0.25, 0.3) is 5.69 Å². The average molecular weight is 318 g/mol. The first-order valence-electron chi connectivity index (χ1n) is 7.39. The fourth-order valence-corrected chi connectivity index (χ4v) is 3.20. The molecule has 1 fully saturated rings. The van der Waals surface area contributed by atoms with Gasteiger partial charge in [-0.3, -0.25) is 10.1 Å². The number of benzene rings is 1. The molecule has 0 N–H and O–H groups in total. The Morgan fingerprint density at radius 1 is 1.41 bits per heavy atom. The van der Waals surface area contributed by atoms with Crippen molar-refractivity contribution in [2.45, 2.75) is 45.2 Å². The molecule has 0 unspecified atom stereocenters. The molecule has 0 spiro atoms. The maximum Gasteiger partial charge on any atom is 0.274 e. The average Bonchev–Trinajstić information content (AvgIpc) is 3.20. The lowest BCUT2D eigenvalue weighted by Gasteiger charge is -2.20. The summed E-state index contributed by atoms with van der Waals surface area (Å²) in [6, 6.07) is 7.34. The van der Waals surface area contributed by atoms with Crippen molar-refractivity contribution in [3.63, 3.8) is 0 Å². The van der Waals surface area contributed by atoms with Crippen molar-refractivity contribution in [1.29, 1.82) is 0 Å². The van der Waals surface area contributed by atoms with Gasteiger partial charge in [0.1, 0.15) is 5.82 Å². The van der Waals surface area contributed by atoms with Crippen LogP contribution in [0.25, 0.3) is 0 Å². The highest BCUT2D eigenvalue weighted by atomic mass is 32.1. The molecular weight excluding hydrogens is 300 g/mol. The van der Waals surface area contributed by atoms with E-state index in [1.807, 2.05) is 12.1 Å². The lowest BCUT2D eigenvalue weighted by Crippen LogP contribution is -2.25. The van der Waals surface area contributed by atoms with Crippen molar-refractivity contribution in [2.75, 3.05) is 4.90 Å². The molecule has 0 bridgehead atoms. The van der Waals surface area contributed by atoms with E-state index < -0.39 is 0 Å². The van der Waals surface area contributed by atoms with Gasteiger partial charge in [0.15, 0.2) is 0 Å². The molecule has 0 atom stereocenters. The van der Waals surface area contributed by atoms with Crippen molar-refractivity contribution < 1.29 is 4.92 Å². The largest absolute Gasteiger partial charge is 0.339 e. The molecular formula is C15H18N4O2S. The van der Waals surface area contributed by atoms with E-state index in [1.54, 1.807) is 12.1 Å². The van der Waals surface area contributed by atoms with E-state index in [9.17, 15) is 10.1 Å². The molecule has 22 heavy (non-hydrogen) atoms. The molecule has 1 saturated carbocycles. The minimum atomic E-state index is -0.319. The molecule has 1 heterocycles. The van der Waals surface area contributed by atoms with Gasteiger partial charge in [0, 0.05) is 35.1 Å². The zero-order valence-electron chi connectivity index (χ0n) is 12.6. The number of para-hydroxylation sites is 1. The Morgan fingerprint density at radius 3 is 2.73 bits per heavy atom. The fraction of sp³-hybridized carbons (Fsp3) is 0.467. The molecule has 1 aromatic heterocycles. The summed E-state index contributed by atoms with van der Waals surface area (Å²) in [5.74, 6) is 1.13. The van der Waals surface area contributed by atoms with E-state index in [4.69, 9.17) is 0 Å². The zero-order chi connectivity index (χ0) is 15.7. The quantitative estimate of drug-likeness (QED) is 0.599. The monoisotopic (exact) mass is 318 g/mol. The molecule has 0 radical (unpaired) electrons. The molecule has 1 aliphatic rings. The van der Waals surface area contributed by atoms with Crippen LogP contribution >= 0.6 is 11.5 Å². The molecule has 3 rings (SSSR count). The highest BCUT2D eigenvalue weighted by molar-refractivity contribution is 7.09. The van der Waals surface area contributed by atoms with E-state index >= 15 is 0 Å². The lowest BCUT2D eigenvalue weighted by molar-refractivity contribution is -0.385. The third-order valence-electron chi connectivity index (χ3n) is 3.71. The van der Waals surface area contributed by atoms with Crippen LogP contribution in [-0.2, 0) is 6.54 Å². The number of hydrogen-bond acceptors (Lipinski definition) is 6. The second-order valence-electron chi connectivity index (χ2n) is 5.83. The van der Waals surface area contributed by atoms with Crippen molar-refractivity contribution in [3.05, 3.63) is 45.8 Å². The Labute approximate surface area is 133 Å². The van der Waals surface area contributed by atoms with Gasteiger partial charge in [0.05, 0.1) is 11.5 Å². The molecule has 7 heteroatoms. The molecule has 116 valence electrons. The number of nitro groups is 1. The summed E-state index contributed by atoms with van der Waals surface area (Å²) in [5, 5.41) is 12.0. The van der Waals surface area contributed by atoms with E-state index in [2.05, 4.69) is 28.1 Å². The van der Waals surface area contributed by atoms with Gasteiger partial charge in [-0.15, -0.1) is 0 Å². The molecule has 6 nitrogen and oxygen atoms in total. The zero-order valence-corrected chi connectivity index (χ0v) is 13.4. The van der Waals surface area contributed by atoms with Crippen molar-refractivity contribution in [3.8, 4) is 0 Å². The first kappa shape index (κ1) is 14.9. The number of aromatic nitrogens is 2. The van der Waals surface area contributed by atoms with Crippen LogP contribution in [0.5, 0.6) is 0 Å². The number of nitrogens with zero attached hydrogens (tertiary/aromatic N) is 4. The number of rotatable bonds is 6. The molecule has 0 saturated heterocycles. The van der Waals surface area contributed by atoms with Crippen molar-refractivity contribution >= 4 is 22.4 Å². The van der Waals surface area contributed by atoms with Crippen LogP contribution < -0.4 is 4.90 Å². The van der Waals surface area contributed by atoms with Gasteiger partial charge in [0.2, 0.25) is 5.13 Å². The second kappa shape index (κ2) is 6.00. The van der Waals surface area contributed by atoms with E-state index in [0.29, 0.717) is 12.6 Å². The molecule has 1 aromatic carbocycles. The lowest BCUT2D eigenvalue weighted by atomic mass is 10.1. The summed E-state index contributed by atoms with van der Waals surface area (Å²) in [6.45, 7) is 4.64. The predicted molar refractivity (Wildman–Crippen MR) is 86.3 cm³/mol. The van der Waals surface area contributed by atoms with E-state index in [1.165, 1.54) is 11.5 Å². The minimum Gasteiger partial charge on any atom is -0.339 e. The summed E-state index contributed by atoms with van der Waals surface area (Å²) in [4.78, 5) is 17.6. The first-order valence-corrected chi connectivity index (χ1v) is 8.16. The van der Waals surface area contributed by atoms with Crippen LogP contribution in [-0.4, -0.2) is 20.3 Å². The number of hydrogen-bond donors (Lipinski definition) is 0. The molecule has 0 aliphatic heterocycles. The summed E-state index contributed by atoms with van der Waals surface area (Å²) in [6.07, 6.45) is 2.22. The summed E-state index contributed by atoms with van der Waals surface area (Å²) in [5.41, 5.74) is 0.891. The standard InChI is InChI=1S/C15H18N4O2S/c1-10(2)14-16-15(22-17-14)18(12-7-8-12)9-11-5-3-4-6-13(11)19(20)21/h3-6,10,12H,7-9H2,1-2H3. The third kappa shape index (κ3) is 3.09. The summed E-state index contributed by atoms with van der Waals surface area (Å²) < 4.78 is 4.40. The Hall–Kier alpha value is -2.02. The van der Waals surface area contributed by atoms with Crippen LogP contribution in [0.1, 0.15) is 44.0 Å². The van der Waals surface area contributed by atoms with Crippen LogP contribution in [0.4, 0.5) is 10.8 Å². The normalized spacial score (nSPS) is 14.3. The first-order chi connectivity index (χ1) is 10.6. The molecule has 0 amide bonds. The third-order valence-corrected chi connectivity index (χ3v) is 4.48. The summed E-state index contributed by atoms with van der Waals surface area (Å²) in [7, 11) is 0. The van der Waals surface area contributed by atoms with Gasteiger partial charge < -0.3 is 4.90 Å². The van der Waals surface area contributed by atoms with E-state index in [0.717, 1.165) is 29.4 Å². The van der Waals surface area contributed by atoms with Crippen LogP contribution in [0.15, 0.2) is 24.3 Å². The SMILES string of the molecule is CC(C)c1nsc(N(Cc2ccccc2[N+](=O)[O-])C2CC2)n1. The van der Waals surface area contributed by atoms with Gasteiger partial charge >= 0.3 is 0 Å². The van der Waals surface area contributed by atoms with Crippen LogP contribution in [0, 0.1) is 10.1 Å². The highest BCUT2D eigenvalue weighted by Crippen LogP contribution is 2.35. The van der Waals surface area contributed by atoms with E-state index in [-0.39, 0.29) is 16.5 Å². The molecule has 1 aliphatic carbocycles. The highest BCUT2D eigenvalue weighted by Gasteiger charge is 2.32. The topological polar surface area (TPSA) is 72.2 Å². The molecule has 2 aromatic rings. The van der Waals surface area contributed by atoms with Crippen molar-refractivity contribution in [2.24, 2.45) is 0 Å². The maximum atomic E-state index is 11.2. The predicted octanol–water partition coefficient (Wildman–Crippen LogP) is 3.74. The Morgan fingerprint density at radius 2 is 2.14 bits per heavy atom. The minimum absolute atomic E-state index is 0.168. The van der Waals surface area contributed by atoms with Crippen LogP contribution in [0.2, 0.25) is 0 Å². The fourth-order valence-electron chi connectivity index (χ4n) is 2.32. The Balaban J connectivity index is 1.88. The van der Waals surface area contributed by atoms with Gasteiger partial charge in [-0.1, -0.05) is 32.0 Å². The van der Waals surface area contributed by atoms with Crippen LogP contribution in [0.3, 0.4) is 0 Å². The summed E-state index contributed by atoms with van der Waals surface area (Å²) >= 11 is 1.38. The number of anilines is 1. The van der Waals surface area contributed by atoms with Crippen molar-refractivity contribution in [1.82, 2.24) is 9.36 Å².